The lowest BCUT2D eigenvalue weighted by Gasteiger charge is -2.25. The molecule has 5 nitrogen and oxygen atoms in total. The molecule has 0 N–H and O–H groups in total. The molecule has 1 aliphatic rings. The molecular weight excluding hydrogens is 318 g/mol. The molecule has 0 atom stereocenters. The van der Waals surface area contributed by atoms with Gasteiger partial charge in [-0.15, -0.1) is 0 Å². The van der Waals surface area contributed by atoms with Crippen molar-refractivity contribution in [3.63, 3.8) is 0 Å². The number of amides is 1. The predicted molar refractivity (Wildman–Crippen MR) is 93.7 cm³/mol. The lowest BCUT2D eigenvalue weighted by atomic mass is 10.1. The SMILES string of the molecule is O=C(c1ccc(COc2ccc3ccccc3c2)o1)N1CCOCC1. The van der Waals surface area contributed by atoms with Crippen molar-refractivity contribution in [3.8, 4) is 5.75 Å². The van der Waals surface area contributed by atoms with Crippen LogP contribution in [-0.2, 0) is 11.3 Å². The second kappa shape index (κ2) is 6.99. The molecule has 3 aromatic rings. The Morgan fingerprint density at radius 3 is 2.64 bits per heavy atom. The molecular formula is C20H19NO4. The van der Waals surface area contributed by atoms with Crippen LogP contribution in [0.3, 0.4) is 0 Å². The van der Waals surface area contributed by atoms with Gasteiger partial charge in [0.25, 0.3) is 5.91 Å². The summed E-state index contributed by atoms with van der Waals surface area (Å²) in [6.45, 7) is 2.63. The third kappa shape index (κ3) is 3.51. The minimum Gasteiger partial charge on any atom is -0.486 e. The molecule has 25 heavy (non-hydrogen) atoms. The van der Waals surface area contributed by atoms with Crippen LogP contribution in [0.2, 0.25) is 0 Å². The average molecular weight is 337 g/mol. The fourth-order valence-corrected chi connectivity index (χ4v) is 2.90. The summed E-state index contributed by atoms with van der Waals surface area (Å²) in [7, 11) is 0. The van der Waals surface area contributed by atoms with Gasteiger partial charge in [0.2, 0.25) is 0 Å². The molecule has 0 aliphatic carbocycles. The summed E-state index contributed by atoms with van der Waals surface area (Å²) in [6, 6.07) is 17.6. The van der Waals surface area contributed by atoms with E-state index in [-0.39, 0.29) is 12.5 Å². The molecule has 2 aromatic carbocycles. The van der Waals surface area contributed by atoms with E-state index in [0.29, 0.717) is 37.8 Å². The van der Waals surface area contributed by atoms with Gasteiger partial charge in [0.15, 0.2) is 5.76 Å². The Hall–Kier alpha value is -2.79. The van der Waals surface area contributed by atoms with Crippen LogP contribution >= 0.6 is 0 Å². The molecule has 0 radical (unpaired) electrons. The topological polar surface area (TPSA) is 51.9 Å². The maximum atomic E-state index is 12.4. The van der Waals surface area contributed by atoms with Crippen LogP contribution < -0.4 is 4.74 Å². The molecule has 0 unspecified atom stereocenters. The molecule has 0 saturated carbocycles. The number of ether oxygens (including phenoxy) is 2. The van der Waals surface area contributed by atoms with E-state index >= 15 is 0 Å². The molecule has 4 rings (SSSR count). The summed E-state index contributed by atoms with van der Waals surface area (Å²) in [5.74, 6) is 1.65. The zero-order chi connectivity index (χ0) is 17.1. The highest BCUT2D eigenvalue weighted by Crippen LogP contribution is 2.22. The quantitative estimate of drug-likeness (QED) is 0.731. The van der Waals surface area contributed by atoms with Gasteiger partial charge in [-0.3, -0.25) is 4.79 Å². The monoisotopic (exact) mass is 337 g/mol. The lowest BCUT2D eigenvalue weighted by Crippen LogP contribution is -2.40. The third-order valence-electron chi connectivity index (χ3n) is 4.27. The number of benzene rings is 2. The van der Waals surface area contributed by atoms with Gasteiger partial charge in [-0.25, -0.2) is 0 Å². The first-order chi connectivity index (χ1) is 12.3. The molecule has 2 heterocycles. The minimum atomic E-state index is -0.0970. The number of morpholine rings is 1. The first-order valence-electron chi connectivity index (χ1n) is 8.37. The van der Waals surface area contributed by atoms with Crippen molar-refractivity contribution in [2.45, 2.75) is 6.61 Å². The second-order valence-corrected chi connectivity index (χ2v) is 5.97. The fourth-order valence-electron chi connectivity index (χ4n) is 2.90. The molecule has 1 saturated heterocycles. The molecule has 1 fully saturated rings. The van der Waals surface area contributed by atoms with Crippen molar-refractivity contribution in [2.75, 3.05) is 26.3 Å². The summed E-state index contributed by atoms with van der Waals surface area (Å²) in [5.41, 5.74) is 0. The van der Waals surface area contributed by atoms with E-state index in [2.05, 4.69) is 6.07 Å². The Balaban J connectivity index is 1.41. The molecule has 5 heteroatoms. The summed E-state index contributed by atoms with van der Waals surface area (Å²) in [4.78, 5) is 14.1. The standard InChI is InChI=1S/C20H19NO4/c22-20(21-9-11-23-12-10-21)19-8-7-18(25-19)14-24-17-6-5-15-3-1-2-4-16(15)13-17/h1-8,13H,9-12,14H2. The summed E-state index contributed by atoms with van der Waals surface area (Å²) < 4.78 is 16.7. The van der Waals surface area contributed by atoms with Crippen molar-refractivity contribution >= 4 is 16.7 Å². The van der Waals surface area contributed by atoms with E-state index in [1.54, 1.807) is 17.0 Å². The predicted octanol–water partition coefficient (Wildman–Crippen LogP) is 3.48. The Kier molecular flexibility index (Phi) is 4.39. The minimum absolute atomic E-state index is 0.0970. The number of carbonyl (C=O) groups excluding carboxylic acids is 1. The van der Waals surface area contributed by atoms with E-state index in [4.69, 9.17) is 13.9 Å². The molecule has 0 spiro atoms. The number of carbonyl (C=O) groups is 1. The van der Waals surface area contributed by atoms with E-state index in [0.717, 1.165) is 11.1 Å². The van der Waals surface area contributed by atoms with Crippen LogP contribution in [-0.4, -0.2) is 37.1 Å². The highest BCUT2D eigenvalue weighted by Gasteiger charge is 2.21. The summed E-state index contributed by atoms with van der Waals surface area (Å²) in [5, 5.41) is 2.30. The maximum Gasteiger partial charge on any atom is 0.289 e. The van der Waals surface area contributed by atoms with Crippen LogP contribution in [0.15, 0.2) is 59.0 Å². The van der Waals surface area contributed by atoms with E-state index in [1.165, 1.54) is 5.39 Å². The molecule has 1 aliphatic heterocycles. The van der Waals surface area contributed by atoms with Gasteiger partial charge < -0.3 is 18.8 Å². The molecule has 128 valence electrons. The number of furan rings is 1. The van der Waals surface area contributed by atoms with Crippen molar-refractivity contribution < 1.29 is 18.7 Å². The maximum absolute atomic E-state index is 12.4. The van der Waals surface area contributed by atoms with Gasteiger partial charge in [0.1, 0.15) is 18.1 Å². The Labute approximate surface area is 145 Å². The number of rotatable bonds is 4. The van der Waals surface area contributed by atoms with Crippen LogP contribution in [0.25, 0.3) is 10.8 Å². The Morgan fingerprint density at radius 2 is 1.80 bits per heavy atom. The van der Waals surface area contributed by atoms with Crippen molar-refractivity contribution in [1.29, 1.82) is 0 Å². The van der Waals surface area contributed by atoms with Gasteiger partial charge in [-0.1, -0.05) is 30.3 Å². The van der Waals surface area contributed by atoms with E-state index < -0.39 is 0 Å². The van der Waals surface area contributed by atoms with Gasteiger partial charge in [-0.2, -0.15) is 0 Å². The summed E-state index contributed by atoms with van der Waals surface area (Å²) in [6.07, 6.45) is 0. The zero-order valence-corrected chi connectivity index (χ0v) is 13.8. The first kappa shape index (κ1) is 15.7. The van der Waals surface area contributed by atoms with Crippen LogP contribution in [0, 0.1) is 0 Å². The molecule has 1 amide bonds. The summed E-state index contributed by atoms with van der Waals surface area (Å²) >= 11 is 0. The van der Waals surface area contributed by atoms with Gasteiger partial charge in [0.05, 0.1) is 13.2 Å². The first-order valence-corrected chi connectivity index (χ1v) is 8.37. The van der Waals surface area contributed by atoms with E-state index in [1.807, 2.05) is 36.4 Å². The zero-order valence-electron chi connectivity index (χ0n) is 13.8. The van der Waals surface area contributed by atoms with Crippen LogP contribution in [0.5, 0.6) is 5.75 Å². The number of fused-ring (bicyclic) bond motifs is 1. The lowest BCUT2D eigenvalue weighted by molar-refractivity contribution is 0.0281. The third-order valence-corrected chi connectivity index (χ3v) is 4.27. The number of hydrogen-bond donors (Lipinski definition) is 0. The number of hydrogen-bond acceptors (Lipinski definition) is 4. The fraction of sp³-hybridized carbons (Fsp3) is 0.250. The highest BCUT2D eigenvalue weighted by atomic mass is 16.5. The van der Waals surface area contributed by atoms with Crippen molar-refractivity contribution in [2.24, 2.45) is 0 Å². The van der Waals surface area contributed by atoms with Crippen molar-refractivity contribution in [3.05, 3.63) is 66.1 Å². The van der Waals surface area contributed by atoms with Crippen molar-refractivity contribution in [1.82, 2.24) is 4.90 Å². The molecule has 1 aromatic heterocycles. The van der Waals surface area contributed by atoms with Gasteiger partial charge in [-0.05, 0) is 35.0 Å². The average Bonchev–Trinajstić information content (AvgIpc) is 3.15. The second-order valence-electron chi connectivity index (χ2n) is 5.97. The van der Waals surface area contributed by atoms with E-state index in [9.17, 15) is 4.79 Å². The van der Waals surface area contributed by atoms with Crippen LogP contribution in [0.1, 0.15) is 16.3 Å². The Morgan fingerprint density at radius 1 is 1.00 bits per heavy atom. The van der Waals surface area contributed by atoms with Gasteiger partial charge in [0, 0.05) is 13.1 Å². The molecule has 0 bridgehead atoms. The largest absolute Gasteiger partial charge is 0.486 e. The van der Waals surface area contributed by atoms with Gasteiger partial charge >= 0.3 is 0 Å². The Bertz CT molecular complexity index is 880. The highest BCUT2D eigenvalue weighted by molar-refractivity contribution is 5.91. The smallest absolute Gasteiger partial charge is 0.289 e. The van der Waals surface area contributed by atoms with Crippen LogP contribution in [0.4, 0.5) is 0 Å². The normalized spacial score (nSPS) is 14.6. The number of nitrogens with zero attached hydrogens (tertiary/aromatic N) is 1.